The van der Waals surface area contributed by atoms with E-state index in [0.717, 1.165) is 49.8 Å². The molecule has 2 saturated carbocycles. The molecule has 203 valence electrons. The first kappa shape index (κ1) is 30.0. The fourth-order valence-corrected chi connectivity index (χ4v) is 7.23. The molecule has 1 aromatic heterocycles. The molecule has 4 unspecified atom stereocenters. The van der Waals surface area contributed by atoms with Gasteiger partial charge in [0.1, 0.15) is 0 Å². The smallest absolute Gasteiger partial charge is 0.0651 e. The van der Waals surface area contributed by atoms with Crippen molar-refractivity contribution in [3.8, 4) is 11.3 Å². The molecular weight excluding hydrogens is 635 g/mol. The third-order valence-corrected chi connectivity index (χ3v) is 9.91. The van der Waals surface area contributed by atoms with Crippen molar-refractivity contribution in [2.24, 2.45) is 22.7 Å². The van der Waals surface area contributed by atoms with Gasteiger partial charge in [-0.15, -0.1) is 35.9 Å². The van der Waals surface area contributed by atoms with Gasteiger partial charge in [-0.2, -0.15) is 0 Å². The third kappa shape index (κ3) is 5.59. The SMILES string of the molecule is CCC1(CC)CCC2CC(CC)(CC)C(O)C2C1O.Cc1ccc2c(-c3[c-]cccc3)nccc2c1.[Ir]. The summed E-state index contributed by atoms with van der Waals surface area (Å²) in [5.74, 6) is 0.657. The number of rotatable bonds is 5. The summed E-state index contributed by atoms with van der Waals surface area (Å²) in [6.45, 7) is 10.9. The van der Waals surface area contributed by atoms with Gasteiger partial charge >= 0.3 is 0 Å². The van der Waals surface area contributed by atoms with Crippen molar-refractivity contribution >= 4 is 10.8 Å². The molecule has 1 heterocycles. The van der Waals surface area contributed by atoms with E-state index in [-0.39, 0.29) is 49.1 Å². The summed E-state index contributed by atoms with van der Waals surface area (Å²) >= 11 is 0. The van der Waals surface area contributed by atoms with Crippen LogP contribution < -0.4 is 0 Å². The van der Waals surface area contributed by atoms with Gasteiger partial charge in [-0.1, -0.05) is 51.5 Å². The van der Waals surface area contributed by atoms with Crippen LogP contribution in [0.3, 0.4) is 0 Å². The monoisotopic (exact) mass is 679 g/mol. The second-order valence-corrected chi connectivity index (χ2v) is 11.3. The summed E-state index contributed by atoms with van der Waals surface area (Å²) in [7, 11) is 0. The van der Waals surface area contributed by atoms with E-state index in [0.29, 0.717) is 5.92 Å². The van der Waals surface area contributed by atoms with Crippen LogP contribution in [0, 0.1) is 35.7 Å². The topological polar surface area (TPSA) is 53.4 Å². The number of benzene rings is 2. The minimum absolute atomic E-state index is 0. The van der Waals surface area contributed by atoms with Crippen LogP contribution in [0.4, 0.5) is 0 Å². The van der Waals surface area contributed by atoms with Crippen LogP contribution in [0.25, 0.3) is 22.0 Å². The van der Waals surface area contributed by atoms with Gasteiger partial charge in [0.05, 0.1) is 12.2 Å². The van der Waals surface area contributed by atoms with Gasteiger partial charge in [0.15, 0.2) is 0 Å². The maximum absolute atomic E-state index is 10.9. The Morgan fingerprint density at radius 1 is 0.919 bits per heavy atom. The number of aryl methyl sites for hydroxylation is 1. The van der Waals surface area contributed by atoms with Gasteiger partial charge in [-0.3, -0.25) is 0 Å². The molecule has 4 atom stereocenters. The van der Waals surface area contributed by atoms with Crippen LogP contribution in [-0.2, 0) is 20.1 Å². The van der Waals surface area contributed by atoms with Crippen LogP contribution in [0.2, 0.25) is 0 Å². The normalized spacial score (nSPS) is 25.5. The minimum Gasteiger partial charge on any atom is -0.392 e. The molecule has 0 amide bonds. The van der Waals surface area contributed by atoms with Crippen molar-refractivity contribution in [3.05, 3.63) is 66.4 Å². The predicted molar refractivity (Wildman–Crippen MR) is 150 cm³/mol. The van der Waals surface area contributed by atoms with E-state index in [2.05, 4.69) is 69.9 Å². The Balaban J connectivity index is 0.000000201. The van der Waals surface area contributed by atoms with Crippen molar-refractivity contribution < 1.29 is 30.3 Å². The zero-order chi connectivity index (χ0) is 25.9. The maximum atomic E-state index is 10.9. The van der Waals surface area contributed by atoms with Crippen molar-refractivity contribution in [2.45, 2.75) is 91.8 Å². The summed E-state index contributed by atoms with van der Waals surface area (Å²) in [5.41, 5.74) is 3.44. The molecule has 5 rings (SSSR count). The number of aliphatic hydroxyl groups excluding tert-OH is 2. The molecule has 37 heavy (non-hydrogen) atoms. The molecule has 3 aromatic rings. The van der Waals surface area contributed by atoms with E-state index in [1.54, 1.807) is 0 Å². The summed E-state index contributed by atoms with van der Waals surface area (Å²) < 4.78 is 0. The van der Waals surface area contributed by atoms with Crippen LogP contribution in [0.15, 0.2) is 54.7 Å². The van der Waals surface area contributed by atoms with Crippen LogP contribution in [0.5, 0.6) is 0 Å². The maximum Gasteiger partial charge on any atom is 0.0651 e. The molecule has 2 aliphatic rings. The number of aromatic nitrogens is 1. The number of hydrogen-bond acceptors (Lipinski definition) is 3. The third-order valence-electron chi connectivity index (χ3n) is 9.91. The average Bonchev–Trinajstić information content (AvgIpc) is 3.22. The number of hydrogen-bond donors (Lipinski definition) is 2. The summed E-state index contributed by atoms with van der Waals surface area (Å²) in [5, 5.41) is 24.2. The van der Waals surface area contributed by atoms with Crippen LogP contribution in [-0.4, -0.2) is 27.4 Å². The van der Waals surface area contributed by atoms with Crippen LogP contribution >= 0.6 is 0 Å². The van der Waals surface area contributed by atoms with Gasteiger partial charge in [-0.25, -0.2) is 0 Å². The quantitative estimate of drug-likeness (QED) is 0.272. The predicted octanol–water partition coefficient (Wildman–Crippen LogP) is 7.76. The van der Waals surface area contributed by atoms with Crippen molar-refractivity contribution in [1.29, 1.82) is 0 Å². The number of aliphatic hydroxyl groups is 2. The van der Waals surface area contributed by atoms with Gasteiger partial charge in [0.2, 0.25) is 0 Å². The van der Waals surface area contributed by atoms with E-state index < -0.39 is 0 Å². The van der Waals surface area contributed by atoms with E-state index in [1.165, 1.54) is 22.8 Å². The van der Waals surface area contributed by atoms with Crippen molar-refractivity contribution in [3.63, 3.8) is 0 Å². The van der Waals surface area contributed by atoms with Gasteiger partial charge < -0.3 is 15.2 Å². The number of pyridine rings is 1. The molecule has 2 aliphatic carbocycles. The fraction of sp³-hybridized carbons (Fsp3) is 0.545. The van der Waals surface area contributed by atoms with Crippen molar-refractivity contribution in [1.82, 2.24) is 4.98 Å². The van der Waals surface area contributed by atoms with Gasteiger partial charge in [0.25, 0.3) is 0 Å². The zero-order valence-corrected chi connectivity index (χ0v) is 25.5. The molecule has 1 radical (unpaired) electrons. The van der Waals surface area contributed by atoms with E-state index in [4.69, 9.17) is 0 Å². The first-order valence-corrected chi connectivity index (χ1v) is 14.0. The zero-order valence-electron chi connectivity index (χ0n) is 23.1. The van der Waals surface area contributed by atoms with E-state index >= 15 is 0 Å². The first-order chi connectivity index (χ1) is 17.3. The minimum atomic E-state index is -0.309. The molecule has 0 saturated heterocycles. The largest absolute Gasteiger partial charge is 0.392 e. The number of fused-ring (bicyclic) bond motifs is 2. The van der Waals surface area contributed by atoms with Crippen molar-refractivity contribution in [2.75, 3.05) is 0 Å². The molecule has 2 fully saturated rings. The standard InChI is InChI=1S/C17H32O2.C16H12N.Ir/c1-5-16(6-2)10-9-12-11-17(7-3,8-4)15(19)13(12)14(16)18;1-12-7-8-15-14(11-12)9-10-17-16(15)13-5-3-2-4-6-13;/h12-15,18-19H,5-11H2,1-4H3;2-5,7-11H,1H3;/q;-1;. The first-order valence-electron chi connectivity index (χ1n) is 14.0. The Bertz CT molecular complexity index is 1130. The molecule has 0 spiro atoms. The van der Waals surface area contributed by atoms with E-state index in [9.17, 15) is 10.2 Å². The number of nitrogens with zero attached hydrogens (tertiary/aromatic N) is 1. The Hall–Kier alpha value is -1.58. The Morgan fingerprint density at radius 3 is 2.22 bits per heavy atom. The summed E-state index contributed by atoms with van der Waals surface area (Å²) in [6, 6.07) is 19.7. The molecular formula is C33H44IrNO2-. The molecule has 0 aliphatic heterocycles. The van der Waals surface area contributed by atoms with Gasteiger partial charge in [0, 0.05) is 32.2 Å². The van der Waals surface area contributed by atoms with Crippen LogP contribution in [0.1, 0.15) is 78.2 Å². The Labute approximate surface area is 237 Å². The molecule has 3 nitrogen and oxygen atoms in total. The second-order valence-electron chi connectivity index (χ2n) is 11.3. The molecule has 0 bridgehead atoms. The average molecular weight is 679 g/mol. The molecule has 2 aromatic carbocycles. The summed E-state index contributed by atoms with van der Waals surface area (Å²) in [4.78, 5) is 4.48. The van der Waals surface area contributed by atoms with Gasteiger partial charge in [-0.05, 0) is 91.2 Å². The van der Waals surface area contributed by atoms with E-state index in [1.807, 2.05) is 30.5 Å². The summed E-state index contributed by atoms with van der Waals surface area (Å²) in [6.07, 6.45) is 8.84. The second kappa shape index (κ2) is 12.5. The Morgan fingerprint density at radius 2 is 1.59 bits per heavy atom. The molecule has 4 heteroatoms. The Kier molecular flexibility index (Phi) is 10.1. The molecule has 2 N–H and O–H groups in total. The fourth-order valence-electron chi connectivity index (χ4n) is 7.23.